The van der Waals surface area contributed by atoms with Crippen LogP contribution >= 0.6 is 0 Å². The zero-order chi connectivity index (χ0) is 15.5. The molecule has 114 valence electrons. The molecule has 0 heterocycles. The Morgan fingerprint density at radius 1 is 1.33 bits per heavy atom. The predicted molar refractivity (Wildman–Crippen MR) is 82.3 cm³/mol. The Bertz CT molecular complexity index is 664. The molecule has 0 atom stereocenters. The Balaban J connectivity index is 2.43. The van der Waals surface area contributed by atoms with Gasteiger partial charge < -0.3 is 5.11 Å². The van der Waals surface area contributed by atoms with Crippen LogP contribution in [0.25, 0.3) is 0 Å². The maximum atomic E-state index is 12.8. The van der Waals surface area contributed by atoms with Gasteiger partial charge in [-0.2, -0.15) is 4.31 Å². The molecule has 21 heavy (non-hydrogen) atoms. The molecule has 0 aliphatic heterocycles. The van der Waals surface area contributed by atoms with Crippen LogP contribution in [0.4, 0.5) is 0 Å². The highest BCUT2D eigenvalue weighted by Gasteiger charge is 2.31. The van der Waals surface area contributed by atoms with Crippen molar-refractivity contribution in [3.63, 3.8) is 0 Å². The Morgan fingerprint density at radius 3 is 2.62 bits per heavy atom. The second kappa shape index (κ2) is 6.61. The third-order valence-electron chi connectivity index (χ3n) is 3.93. The van der Waals surface area contributed by atoms with Crippen molar-refractivity contribution in [1.29, 1.82) is 0 Å². The molecule has 5 heteroatoms. The lowest BCUT2D eigenvalue weighted by Gasteiger charge is -2.24. The van der Waals surface area contributed by atoms with Gasteiger partial charge in [-0.05, 0) is 37.5 Å². The first-order valence-corrected chi connectivity index (χ1v) is 8.59. The molecule has 0 unspecified atom stereocenters. The molecule has 0 bridgehead atoms. The molecule has 1 aromatic carbocycles. The minimum absolute atomic E-state index is 0.0787. The molecule has 0 spiro atoms. The van der Waals surface area contributed by atoms with Gasteiger partial charge in [-0.15, -0.1) is 0 Å². The molecular formula is C16H21NO3S. The van der Waals surface area contributed by atoms with Crippen LogP contribution in [0.5, 0.6) is 0 Å². The van der Waals surface area contributed by atoms with E-state index in [1.54, 1.807) is 25.2 Å². The first kappa shape index (κ1) is 16.0. The minimum atomic E-state index is -3.55. The SMILES string of the molecule is Cc1ccc(S(=O)(=O)N(C)C2CCCC2)c(C#CCO)c1. The highest BCUT2D eigenvalue weighted by molar-refractivity contribution is 7.89. The van der Waals surface area contributed by atoms with E-state index >= 15 is 0 Å². The van der Waals surface area contributed by atoms with Crippen LogP contribution in [0.1, 0.15) is 36.8 Å². The number of hydrogen-bond donors (Lipinski definition) is 1. The zero-order valence-electron chi connectivity index (χ0n) is 12.5. The molecule has 1 fully saturated rings. The lowest BCUT2D eigenvalue weighted by molar-refractivity contribution is 0.350. The van der Waals surface area contributed by atoms with Crippen LogP contribution in [0, 0.1) is 18.8 Å². The van der Waals surface area contributed by atoms with Crippen LogP contribution in [-0.4, -0.2) is 37.5 Å². The Morgan fingerprint density at radius 2 is 2.00 bits per heavy atom. The first-order chi connectivity index (χ1) is 9.96. The summed E-state index contributed by atoms with van der Waals surface area (Å²) in [5.41, 5.74) is 1.40. The zero-order valence-corrected chi connectivity index (χ0v) is 13.3. The smallest absolute Gasteiger partial charge is 0.244 e. The summed E-state index contributed by atoms with van der Waals surface area (Å²) in [6.45, 7) is 1.60. The quantitative estimate of drug-likeness (QED) is 0.868. The highest BCUT2D eigenvalue weighted by Crippen LogP contribution is 2.28. The van der Waals surface area contributed by atoms with Crippen molar-refractivity contribution in [3.8, 4) is 11.8 Å². The van der Waals surface area contributed by atoms with Crippen LogP contribution in [0.3, 0.4) is 0 Å². The van der Waals surface area contributed by atoms with Gasteiger partial charge in [0.1, 0.15) is 6.61 Å². The minimum Gasteiger partial charge on any atom is -0.384 e. The summed E-state index contributed by atoms with van der Waals surface area (Å²) in [6.07, 6.45) is 3.99. The van der Waals surface area contributed by atoms with Gasteiger partial charge in [0.25, 0.3) is 0 Å². The molecule has 0 aromatic heterocycles. The van der Waals surface area contributed by atoms with Gasteiger partial charge in [0.15, 0.2) is 0 Å². The van der Waals surface area contributed by atoms with Crippen molar-refractivity contribution in [1.82, 2.24) is 4.31 Å². The maximum absolute atomic E-state index is 12.8. The number of aliphatic hydroxyl groups is 1. The van der Waals surface area contributed by atoms with Gasteiger partial charge in [0.2, 0.25) is 10.0 Å². The molecule has 0 amide bonds. The van der Waals surface area contributed by atoms with Gasteiger partial charge in [-0.3, -0.25) is 0 Å². The van der Waals surface area contributed by atoms with E-state index in [4.69, 9.17) is 5.11 Å². The fourth-order valence-corrected chi connectivity index (χ4v) is 4.26. The third kappa shape index (κ3) is 3.46. The highest BCUT2D eigenvalue weighted by atomic mass is 32.2. The van der Waals surface area contributed by atoms with Crippen LogP contribution < -0.4 is 0 Å². The molecule has 2 rings (SSSR count). The van der Waals surface area contributed by atoms with Gasteiger partial charge in [-0.1, -0.05) is 30.7 Å². The van der Waals surface area contributed by atoms with E-state index < -0.39 is 10.0 Å². The second-order valence-corrected chi connectivity index (χ2v) is 7.38. The topological polar surface area (TPSA) is 57.6 Å². The van der Waals surface area contributed by atoms with E-state index in [2.05, 4.69) is 11.8 Å². The summed E-state index contributed by atoms with van der Waals surface area (Å²) in [6, 6.07) is 5.21. The number of hydrogen-bond acceptors (Lipinski definition) is 3. The van der Waals surface area contributed by atoms with Gasteiger partial charge >= 0.3 is 0 Å². The molecule has 4 nitrogen and oxygen atoms in total. The normalized spacial score (nSPS) is 16.0. The maximum Gasteiger partial charge on any atom is 0.244 e. The predicted octanol–water partition coefficient (Wildman–Crippen LogP) is 1.90. The molecule has 1 aromatic rings. The van der Waals surface area contributed by atoms with E-state index in [-0.39, 0.29) is 17.5 Å². The van der Waals surface area contributed by atoms with E-state index in [0.29, 0.717) is 5.56 Å². The number of benzene rings is 1. The summed E-state index contributed by atoms with van der Waals surface area (Å²) in [5, 5.41) is 8.84. The van der Waals surface area contributed by atoms with Crippen LogP contribution in [0.15, 0.2) is 23.1 Å². The van der Waals surface area contributed by atoms with Gasteiger partial charge in [-0.25, -0.2) is 8.42 Å². The van der Waals surface area contributed by atoms with Crippen molar-refractivity contribution in [2.24, 2.45) is 0 Å². The van der Waals surface area contributed by atoms with E-state index in [1.165, 1.54) is 4.31 Å². The number of aliphatic hydroxyl groups excluding tert-OH is 1. The molecule has 0 saturated heterocycles. The molecule has 0 radical (unpaired) electrons. The number of aryl methyl sites for hydroxylation is 1. The average Bonchev–Trinajstić information content (AvgIpc) is 2.98. The van der Waals surface area contributed by atoms with E-state index in [9.17, 15) is 8.42 Å². The fourth-order valence-electron chi connectivity index (χ4n) is 2.72. The number of rotatable bonds is 3. The Hall–Kier alpha value is -1.35. The van der Waals surface area contributed by atoms with Crippen molar-refractivity contribution >= 4 is 10.0 Å². The van der Waals surface area contributed by atoms with Gasteiger partial charge in [0, 0.05) is 18.7 Å². The van der Waals surface area contributed by atoms with Crippen LogP contribution in [0.2, 0.25) is 0 Å². The number of sulfonamides is 1. The molecule has 1 saturated carbocycles. The lowest BCUT2D eigenvalue weighted by atomic mass is 10.1. The van der Waals surface area contributed by atoms with Crippen molar-refractivity contribution in [2.75, 3.05) is 13.7 Å². The molecule has 1 aliphatic rings. The largest absolute Gasteiger partial charge is 0.384 e. The van der Waals surface area contributed by atoms with Crippen molar-refractivity contribution < 1.29 is 13.5 Å². The molecule has 1 aliphatic carbocycles. The summed E-state index contributed by atoms with van der Waals surface area (Å²) in [7, 11) is -1.90. The van der Waals surface area contributed by atoms with E-state index in [0.717, 1.165) is 31.2 Å². The standard InChI is InChI=1S/C16H21NO3S/c1-13-9-10-16(14(12-13)6-5-11-18)21(19,20)17(2)15-7-3-4-8-15/h9-10,12,15,18H,3-4,7-8,11H2,1-2H3. The summed E-state index contributed by atoms with van der Waals surface area (Å²) < 4.78 is 27.1. The lowest BCUT2D eigenvalue weighted by Crippen LogP contribution is -2.35. The number of nitrogens with zero attached hydrogens (tertiary/aromatic N) is 1. The van der Waals surface area contributed by atoms with Crippen molar-refractivity contribution in [2.45, 2.75) is 43.5 Å². The average molecular weight is 307 g/mol. The van der Waals surface area contributed by atoms with Crippen molar-refractivity contribution in [3.05, 3.63) is 29.3 Å². The summed E-state index contributed by atoms with van der Waals surface area (Å²) in [4.78, 5) is 0.225. The van der Waals surface area contributed by atoms with E-state index in [1.807, 2.05) is 6.92 Å². The third-order valence-corrected chi connectivity index (χ3v) is 5.90. The summed E-state index contributed by atoms with van der Waals surface area (Å²) in [5.74, 6) is 5.28. The molecular weight excluding hydrogens is 286 g/mol. The Kier molecular flexibility index (Phi) is 5.04. The second-order valence-electron chi connectivity index (χ2n) is 5.42. The van der Waals surface area contributed by atoms with Crippen LogP contribution in [-0.2, 0) is 10.0 Å². The Labute approximate surface area is 126 Å². The molecule has 1 N–H and O–H groups in total. The summed E-state index contributed by atoms with van der Waals surface area (Å²) >= 11 is 0. The fraction of sp³-hybridized carbons (Fsp3) is 0.500. The first-order valence-electron chi connectivity index (χ1n) is 7.15. The van der Waals surface area contributed by atoms with Gasteiger partial charge in [0.05, 0.1) is 4.90 Å². The monoisotopic (exact) mass is 307 g/mol.